The average Bonchev–Trinajstić information content (AvgIpc) is 3.28. The first-order valence-electron chi connectivity index (χ1n) is 8.30. The third kappa shape index (κ3) is 3.65. The van der Waals surface area contributed by atoms with Gasteiger partial charge in [-0.05, 0) is 42.0 Å². The molecule has 12 nitrogen and oxygen atoms in total. The molecule has 0 amide bonds. The van der Waals surface area contributed by atoms with Crippen molar-refractivity contribution in [1.29, 1.82) is 0 Å². The van der Waals surface area contributed by atoms with Crippen LogP contribution >= 0.6 is 0 Å². The van der Waals surface area contributed by atoms with E-state index in [1.165, 1.54) is 16.8 Å². The minimum absolute atomic E-state index is 0.0181. The fourth-order valence-corrected chi connectivity index (χ4v) is 2.61. The summed E-state index contributed by atoms with van der Waals surface area (Å²) in [6.07, 6.45) is -0.0624. The number of rotatable bonds is 6. The van der Waals surface area contributed by atoms with Crippen LogP contribution in [0.4, 0.5) is 10.5 Å². The predicted molar refractivity (Wildman–Crippen MR) is 94.9 cm³/mol. The molecule has 1 atom stereocenters. The topological polar surface area (TPSA) is 140 Å². The summed E-state index contributed by atoms with van der Waals surface area (Å²) in [6, 6.07) is 6.04. The van der Waals surface area contributed by atoms with E-state index >= 15 is 0 Å². The van der Waals surface area contributed by atoms with E-state index in [-0.39, 0.29) is 12.3 Å². The monoisotopic (exact) mass is 387 g/mol. The number of benzene rings is 1. The van der Waals surface area contributed by atoms with Gasteiger partial charge in [-0.2, -0.15) is 9.78 Å². The number of carbonyl (C=O) groups is 1. The fourth-order valence-electron chi connectivity index (χ4n) is 2.61. The lowest BCUT2D eigenvalue weighted by Gasteiger charge is -2.14. The standard InChI is InChI=1S/C16H17N7O5/c1-4-27-16(24)28-10(2)22-15(18-19-20-22)14-13(9-17-21(14)3)11-5-7-12(8-6-11)23(25)26/h5-10H,4H2,1-3H3/t10-/m0/s1. The van der Waals surface area contributed by atoms with E-state index in [0.717, 1.165) is 0 Å². The van der Waals surface area contributed by atoms with Gasteiger partial charge in [-0.25, -0.2) is 4.79 Å². The first-order valence-corrected chi connectivity index (χ1v) is 8.30. The van der Waals surface area contributed by atoms with Crippen LogP contribution in [-0.4, -0.2) is 47.7 Å². The second-order valence-corrected chi connectivity index (χ2v) is 5.68. The third-order valence-electron chi connectivity index (χ3n) is 3.91. The molecular formula is C16H17N7O5. The Bertz CT molecular complexity index is 995. The molecule has 2 aromatic heterocycles. The highest BCUT2D eigenvalue weighted by Crippen LogP contribution is 2.32. The van der Waals surface area contributed by atoms with E-state index in [1.807, 2.05) is 0 Å². The van der Waals surface area contributed by atoms with E-state index in [9.17, 15) is 14.9 Å². The summed E-state index contributed by atoms with van der Waals surface area (Å²) in [5, 5.41) is 26.7. The van der Waals surface area contributed by atoms with Gasteiger partial charge in [-0.15, -0.1) is 5.10 Å². The van der Waals surface area contributed by atoms with Gasteiger partial charge in [0.15, 0.2) is 6.23 Å². The molecule has 12 heteroatoms. The van der Waals surface area contributed by atoms with E-state index < -0.39 is 17.3 Å². The minimum Gasteiger partial charge on any atom is -0.435 e. The van der Waals surface area contributed by atoms with Crippen molar-refractivity contribution in [3.63, 3.8) is 0 Å². The van der Waals surface area contributed by atoms with Gasteiger partial charge in [-0.1, -0.05) is 0 Å². The van der Waals surface area contributed by atoms with Gasteiger partial charge in [-0.3, -0.25) is 14.8 Å². The molecule has 3 rings (SSSR count). The van der Waals surface area contributed by atoms with Gasteiger partial charge in [0.05, 0.1) is 17.7 Å². The highest BCUT2D eigenvalue weighted by molar-refractivity contribution is 5.78. The number of tetrazole rings is 1. The molecule has 0 saturated heterocycles. The number of non-ortho nitro benzene ring substituents is 1. The summed E-state index contributed by atoms with van der Waals surface area (Å²) in [7, 11) is 1.71. The summed E-state index contributed by atoms with van der Waals surface area (Å²) in [4.78, 5) is 22.0. The van der Waals surface area contributed by atoms with Crippen LogP contribution in [-0.2, 0) is 16.5 Å². The van der Waals surface area contributed by atoms with Gasteiger partial charge in [0.25, 0.3) is 5.69 Å². The minimum atomic E-state index is -0.836. The zero-order chi connectivity index (χ0) is 20.3. The number of nitrogens with zero attached hydrogens (tertiary/aromatic N) is 7. The number of hydrogen-bond acceptors (Lipinski definition) is 9. The number of nitro benzene ring substituents is 1. The van der Waals surface area contributed by atoms with Gasteiger partial charge in [0.2, 0.25) is 5.82 Å². The third-order valence-corrected chi connectivity index (χ3v) is 3.91. The van der Waals surface area contributed by atoms with Crippen molar-refractivity contribution in [3.8, 4) is 22.6 Å². The lowest BCUT2D eigenvalue weighted by molar-refractivity contribution is -0.384. The molecule has 0 aliphatic carbocycles. The van der Waals surface area contributed by atoms with Gasteiger partial charge < -0.3 is 9.47 Å². The molecule has 1 aromatic carbocycles. The lowest BCUT2D eigenvalue weighted by atomic mass is 10.1. The molecule has 0 radical (unpaired) electrons. The van der Waals surface area contributed by atoms with Gasteiger partial charge in [0.1, 0.15) is 5.69 Å². The van der Waals surface area contributed by atoms with Crippen LogP contribution in [0.15, 0.2) is 30.5 Å². The number of ether oxygens (including phenoxy) is 2. The van der Waals surface area contributed by atoms with Crippen molar-refractivity contribution in [1.82, 2.24) is 30.0 Å². The maximum atomic E-state index is 11.6. The van der Waals surface area contributed by atoms with E-state index in [4.69, 9.17) is 9.47 Å². The molecule has 146 valence electrons. The number of aryl methyl sites for hydroxylation is 1. The van der Waals surface area contributed by atoms with Gasteiger partial charge in [0, 0.05) is 24.7 Å². The van der Waals surface area contributed by atoms with Crippen molar-refractivity contribution >= 4 is 11.8 Å². The Balaban J connectivity index is 1.98. The summed E-state index contributed by atoms with van der Waals surface area (Å²) in [6.45, 7) is 3.44. The molecule has 0 saturated carbocycles. The second-order valence-electron chi connectivity index (χ2n) is 5.68. The quantitative estimate of drug-likeness (QED) is 0.354. The molecule has 0 aliphatic rings. The molecule has 0 spiro atoms. The fraction of sp³-hybridized carbons (Fsp3) is 0.312. The molecule has 0 aliphatic heterocycles. The highest BCUT2D eigenvalue weighted by Gasteiger charge is 2.24. The van der Waals surface area contributed by atoms with Crippen molar-refractivity contribution in [2.45, 2.75) is 20.1 Å². The molecule has 2 heterocycles. The Morgan fingerprint density at radius 2 is 2.04 bits per heavy atom. The van der Waals surface area contributed by atoms with E-state index in [2.05, 4.69) is 20.6 Å². The summed E-state index contributed by atoms with van der Waals surface area (Å²) in [5.41, 5.74) is 1.90. The summed E-state index contributed by atoms with van der Waals surface area (Å²) >= 11 is 0. The molecule has 28 heavy (non-hydrogen) atoms. The maximum Gasteiger partial charge on any atom is 0.510 e. The predicted octanol–water partition coefficient (Wildman–Crippen LogP) is 2.34. The van der Waals surface area contributed by atoms with Crippen molar-refractivity contribution in [3.05, 3.63) is 40.6 Å². The Hall–Kier alpha value is -3.83. The molecule has 0 N–H and O–H groups in total. The Morgan fingerprint density at radius 3 is 2.68 bits per heavy atom. The molecule has 0 bridgehead atoms. The second kappa shape index (κ2) is 7.82. The Kier molecular flexibility index (Phi) is 5.29. The van der Waals surface area contributed by atoms with Crippen molar-refractivity contribution in [2.75, 3.05) is 6.61 Å². The number of hydrogen-bond donors (Lipinski definition) is 0. The zero-order valence-electron chi connectivity index (χ0n) is 15.3. The summed E-state index contributed by atoms with van der Waals surface area (Å²) < 4.78 is 12.8. The van der Waals surface area contributed by atoms with Crippen molar-refractivity contribution in [2.24, 2.45) is 7.05 Å². The SMILES string of the molecule is CCOC(=O)O[C@@H](C)n1nnnc1-c1c(-c2ccc([N+](=O)[O-])cc2)cnn1C. The summed E-state index contributed by atoms with van der Waals surface area (Å²) in [5.74, 6) is 0.310. The largest absolute Gasteiger partial charge is 0.510 e. The zero-order valence-corrected chi connectivity index (χ0v) is 15.3. The van der Waals surface area contributed by atoms with Crippen LogP contribution < -0.4 is 0 Å². The molecular weight excluding hydrogens is 370 g/mol. The number of carbonyl (C=O) groups excluding carboxylic acids is 1. The normalized spacial score (nSPS) is 11.8. The van der Waals surface area contributed by atoms with Crippen molar-refractivity contribution < 1.29 is 19.2 Å². The molecule has 0 fully saturated rings. The van der Waals surface area contributed by atoms with Crippen LogP contribution in [0.2, 0.25) is 0 Å². The molecule has 3 aromatic rings. The van der Waals surface area contributed by atoms with Crippen LogP contribution in [0.1, 0.15) is 20.1 Å². The van der Waals surface area contributed by atoms with Crippen LogP contribution in [0, 0.1) is 10.1 Å². The van der Waals surface area contributed by atoms with Crippen LogP contribution in [0.25, 0.3) is 22.6 Å². The highest BCUT2D eigenvalue weighted by atomic mass is 16.7. The number of aromatic nitrogens is 6. The number of nitro groups is 1. The van der Waals surface area contributed by atoms with E-state index in [1.54, 1.807) is 43.9 Å². The van der Waals surface area contributed by atoms with Crippen LogP contribution in [0.3, 0.4) is 0 Å². The first-order chi connectivity index (χ1) is 13.4. The molecule has 0 unspecified atom stereocenters. The maximum absolute atomic E-state index is 11.6. The first kappa shape index (κ1) is 18.9. The average molecular weight is 387 g/mol. The Labute approximate surface area is 158 Å². The Morgan fingerprint density at radius 1 is 1.32 bits per heavy atom. The van der Waals surface area contributed by atoms with E-state index in [0.29, 0.717) is 22.6 Å². The van der Waals surface area contributed by atoms with Gasteiger partial charge >= 0.3 is 6.16 Å². The smallest absolute Gasteiger partial charge is 0.435 e. The van der Waals surface area contributed by atoms with Crippen LogP contribution in [0.5, 0.6) is 0 Å². The lowest BCUT2D eigenvalue weighted by Crippen LogP contribution is -2.18.